The third kappa shape index (κ3) is 6.02. The second-order valence-corrected chi connectivity index (χ2v) is 6.32. The fourth-order valence-electron chi connectivity index (χ4n) is 2.28. The minimum Gasteiger partial charge on any atom is -0.314 e. The highest BCUT2D eigenvalue weighted by molar-refractivity contribution is 5.03. The van der Waals surface area contributed by atoms with E-state index in [0.29, 0.717) is 11.5 Å². The summed E-state index contributed by atoms with van der Waals surface area (Å²) in [4.78, 5) is 6.93. The van der Waals surface area contributed by atoms with Gasteiger partial charge in [0.25, 0.3) is 0 Å². The Hall–Kier alpha value is -0.930. The molecule has 0 aromatic carbocycles. The van der Waals surface area contributed by atoms with Gasteiger partial charge in [-0.05, 0) is 30.5 Å². The van der Waals surface area contributed by atoms with Crippen molar-refractivity contribution in [3.63, 3.8) is 0 Å². The van der Waals surface area contributed by atoms with Gasteiger partial charge >= 0.3 is 0 Å². The molecule has 1 aromatic rings. The molecule has 20 heavy (non-hydrogen) atoms. The van der Waals surface area contributed by atoms with Gasteiger partial charge in [-0.2, -0.15) is 0 Å². The Kier molecular flexibility index (Phi) is 7.17. The van der Waals surface area contributed by atoms with E-state index in [0.717, 1.165) is 31.9 Å². The van der Waals surface area contributed by atoms with E-state index >= 15 is 0 Å². The van der Waals surface area contributed by atoms with Crippen molar-refractivity contribution in [1.29, 1.82) is 0 Å². The number of hydrogen-bond acceptors (Lipinski definition) is 3. The minimum absolute atomic E-state index is 0.315. The van der Waals surface area contributed by atoms with E-state index < -0.39 is 0 Å². The third-order valence-electron chi connectivity index (χ3n) is 3.95. The van der Waals surface area contributed by atoms with E-state index in [2.05, 4.69) is 62.0 Å². The summed E-state index contributed by atoms with van der Waals surface area (Å²) in [6, 6.07) is 6.70. The second kappa shape index (κ2) is 8.38. The largest absolute Gasteiger partial charge is 0.314 e. The molecule has 1 unspecified atom stereocenters. The van der Waals surface area contributed by atoms with E-state index in [9.17, 15) is 0 Å². The molecule has 0 bridgehead atoms. The lowest BCUT2D eigenvalue weighted by Crippen LogP contribution is -2.43. The van der Waals surface area contributed by atoms with Crippen LogP contribution in [0.1, 0.15) is 46.7 Å². The number of rotatable bonds is 9. The molecule has 0 aliphatic rings. The predicted molar refractivity (Wildman–Crippen MR) is 86.7 cm³/mol. The summed E-state index contributed by atoms with van der Waals surface area (Å²) in [6.45, 7) is 15.5. The highest BCUT2D eigenvalue weighted by Crippen LogP contribution is 2.22. The van der Waals surface area contributed by atoms with Gasteiger partial charge < -0.3 is 5.32 Å². The molecule has 3 nitrogen and oxygen atoms in total. The zero-order valence-corrected chi connectivity index (χ0v) is 13.8. The average Bonchev–Trinajstić information content (AvgIpc) is 2.45. The molecule has 1 heterocycles. The van der Waals surface area contributed by atoms with Crippen LogP contribution in [0.4, 0.5) is 0 Å². The van der Waals surface area contributed by atoms with Crippen LogP contribution >= 0.6 is 0 Å². The van der Waals surface area contributed by atoms with Crippen molar-refractivity contribution in [2.45, 2.75) is 53.6 Å². The van der Waals surface area contributed by atoms with Crippen LogP contribution in [-0.2, 0) is 6.54 Å². The Bertz CT molecular complexity index is 364. The van der Waals surface area contributed by atoms with Gasteiger partial charge in [-0.25, -0.2) is 0 Å². The Morgan fingerprint density at radius 2 is 2.05 bits per heavy atom. The first-order valence-corrected chi connectivity index (χ1v) is 7.84. The van der Waals surface area contributed by atoms with Crippen LogP contribution in [0, 0.1) is 5.41 Å². The van der Waals surface area contributed by atoms with Crippen LogP contribution in [0.25, 0.3) is 0 Å². The second-order valence-electron chi connectivity index (χ2n) is 6.32. The molecule has 1 N–H and O–H groups in total. The maximum absolute atomic E-state index is 4.44. The Labute approximate surface area is 124 Å². The lowest BCUT2D eigenvalue weighted by molar-refractivity contribution is 0.151. The molecule has 0 radical (unpaired) electrons. The highest BCUT2D eigenvalue weighted by Gasteiger charge is 2.25. The van der Waals surface area contributed by atoms with Gasteiger partial charge in [0.1, 0.15) is 0 Å². The molecule has 0 amide bonds. The molecule has 3 heteroatoms. The topological polar surface area (TPSA) is 28.2 Å². The normalized spacial score (nSPS) is 14.8. The SMILES string of the molecule is CCN(Cc1ccccn1)CC(C)(CC)CNC(C)C. The van der Waals surface area contributed by atoms with Gasteiger partial charge in [-0.1, -0.05) is 40.7 Å². The predicted octanol–water partition coefficient (Wildman–Crippen LogP) is 3.32. The van der Waals surface area contributed by atoms with E-state index in [4.69, 9.17) is 0 Å². The zero-order valence-electron chi connectivity index (χ0n) is 13.8. The van der Waals surface area contributed by atoms with Crippen molar-refractivity contribution in [2.75, 3.05) is 19.6 Å². The molecule has 0 aliphatic carbocycles. The number of nitrogens with one attached hydrogen (secondary N) is 1. The van der Waals surface area contributed by atoms with Gasteiger partial charge in [0.2, 0.25) is 0 Å². The Morgan fingerprint density at radius 1 is 1.30 bits per heavy atom. The molecule has 0 aliphatic heterocycles. The lowest BCUT2D eigenvalue weighted by Gasteiger charge is -2.35. The van der Waals surface area contributed by atoms with E-state index in [1.807, 2.05) is 12.3 Å². The lowest BCUT2D eigenvalue weighted by atomic mass is 9.86. The maximum atomic E-state index is 4.44. The molecular weight excluding hydrogens is 246 g/mol. The first kappa shape index (κ1) is 17.1. The summed E-state index contributed by atoms with van der Waals surface area (Å²) < 4.78 is 0. The van der Waals surface area contributed by atoms with Crippen molar-refractivity contribution >= 4 is 0 Å². The smallest absolute Gasteiger partial charge is 0.0543 e. The van der Waals surface area contributed by atoms with Crippen molar-refractivity contribution < 1.29 is 0 Å². The third-order valence-corrected chi connectivity index (χ3v) is 3.95. The van der Waals surface area contributed by atoms with Crippen LogP contribution in [0.3, 0.4) is 0 Å². The summed E-state index contributed by atoms with van der Waals surface area (Å²) >= 11 is 0. The standard InChI is InChI=1S/C17H31N3/c1-6-17(5,13-19-15(3)4)14-20(7-2)12-16-10-8-9-11-18-16/h8-11,15,19H,6-7,12-14H2,1-5H3. The summed E-state index contributed by atoms with van der Waals surface area (Å²) in [5.41, 5.74) is 1.47. The quantitative estimate of drug-likeness (QED) is 0.750. The van der Waals surface area contributed by atoms with Crippen molar-refractivity contribution in [3.8, 4) is 0 Å². The molecule has 1 atom stereocenters. The molecular formula is C17H31N3. The van der Waals surface area contributed by atoms with Crippen LogP contribution in [0.5, 0.6) is 0 Å². The number of nitrogens with zero attached hydrogens (tertiary/aromatic N) is 2. The fraction of sp³-hybridized carbons (Fsp3) is 0.706. The van der Waals surface area contributed by atoms with Crippen LogP contribution in [-0.4, -0.2) is 35.6 Å². The molecule has 0 saturated carbocycles. The summed E-state index contributed by atoms with van der Waals surface area (Å²) in [7, 11) is 0. The van der Waals surface area contributed by atoms with Crippen LogP contribution in [0.2, 0.25) is 0 Å². The van der Waals surface area contributed by atoms with Gasteiger partial charge in [-0.3, -0.25) is 9.88 Å². The van der Waals surface area contributed by atoms with E-state index in [1.165, 1.54) is 6.42 Å². The van der Waals surface area contributed by atoms with E-state index in [1.54, 1.807) is 0 Å². The van der Waals surface area contributed by atoms with Gasteiger partial charge in [0.05, 0.1) is 5.69 Å². The first-order valence-electron chi connectivity index (χ1n) is 7.84. The molecule has 0 fully saturated rings. The Balaban J connectivity index is 2.60. The van der Waals surface area contributed by atoms with E-state index in [-0.39, 0.29) is 0 Å². The average molecular weight is 277 g/mol. The number of hydrogen-bond donors (Lipinski definition) is 1. The number of pyridine rings is 1. The molecule has 0 saturated heterocycles. The highest BCUT2D eigenvalue weighted by atomic mass is 15.1. The first-order chi connectivity index (χ1) is 9.49. The minimum atomic E-state index is 0.315. The van der Waals surface area contributed by atoms with Crippen molar-refractivity contribution in [1.82, 2.24) is 15.2 Å². The van der Waals surface area contributed by atoms with Gasteiger partial charge in [-0.15, -0.1) is 0 Å². The molecule has 1 aromatic heterocycles. The van der Waals surface area contributed by atoms with Gasteiger partial charge in [0, 0.05) is 31.9 Å². The summed E-state index contributed by atoms with van der Waals surface area (Å²) in [6.07, 6.45) is 3.06. The summed E-state index contributed by atoms with van der Waals surface area (Å²) in [5.74, 6) is 0. The molecule has 0 spiro atoms. The monoisotopic (exact) mass is 277 g/mol. The molecule has 1 rings (SSSR count). The zero-order chi connectivity index (χ0) is 15.0. The van der Waals surface area contributed by atoms with Gasteiger partial charge in [0.15, 0.2) is 0 Å². The van der Waals surface area contributed by atoms with Crippen LogP contribution in [0.15, 0.2) is 24.4 Å². The fourth-order valence-corrected chi connectivity index (χ4v) is 2.28. The number of aromatic nitrogens is 1. The van der Waals surface area contributed by atoms with Crippen LogP contribution < -0.4 is 5.32 Å². The Morgan fingerprint density at radius 3 is 2.55 bits per heavy atom. The van der Waals surface area contributed by atoms with Crippen molar-refractivity contribution in [2.24, 2.45) is 5.41 Å². The maximum Gasteiger partial charge on any atom is 0.0543 e. The molecule has 114 valence electrons. The summed E-state index contributed by atoms with van der Waals surface area (Å²) in [5, 5.41) is 3.59. The van der Waals surface area contributed by atoms with Crippen molar-refractivity contribution in [3.05, 3.63) is 30.1 Å².